The quantitative estimate of drug-likeness (QED) is 0.630. The monoisotopic (exact) mass is 411 g/mol. The Bertz CT molecular complexity index is 667. The number of hydrogen-bond acceptors (Lipinski definition) is 3. The van der Waals surface area contributed by atoms with Crippen LogP contribution in [0.15, 0.2) is 39.7 Å². The van der Waals surface area contributed by atoms with Crippen molar-refractivity contribution >= 4 is 39.3 Å². The van der Waals surface area contributed by atoms with E-state index in [1.807, 2.05) is 0 Å². The summed E-state index contributed by atoms with van der Waals surface area (Å²) in [6, 6.07) is 6.76. The van der Waals surface area contributed by atoms with Crippen LogP contribution in [-0.4, -0.2) is 5.76 Å². The van der Waals surface area contributed by atoms with Crippen molar-refractivity contribution in [1.82, 2.24) is 0 Å². The maximum Gasteiger partial charge on any atom is 0.288 e. The molecule has 0 unspecified atom stereocenters. The summed E-state index contributed by atoms with van der Waals surface area (Å²) < 4.78 is 44.3. The van der Waals surface area contributed by atoms with E-state index in [0.29, 0.717) is 32.4 Å². The fourth-order valence-electron chi connectivity index (χ4n) is 1.77. The summed E-state index contributed by atoms with van der Waals surface area (Å²) in [5.74, 6) is -2.56. The average molecular weight is 413 g/mol. The van der Waals surface area contributed by atoms with E-state index in [1.54, 1.807) is 0 Å². The summed E-state index contributed by atoms with van der Waals surface area (Å²) in [5, 5.41) is 0.190. The van der Waals surface area contributed by atoms with E-state index in [-0.39, 0.29) is 17.3 Å². The van der Waals surface area contributed by atoms with Crippen LogP contribution in [0.25, 0.3) is 0 Å². The third-order valence-corrected chi connectivity index (χ3v) is 4.55. The summed E-state index contributed by atoms with van der Waals surface area (Å²) >= 11 is 9.45. The normalized spacial score (nSPS) is 11.0. The van der Waals surface area contributed by atoms with Gasteiger partial charge in [0.1, 0.15) is 17.3 Å². The number of nitrogens with two attached hydrogens (primary N) is 1. The molecular weight excluding hydrogens is 403 g/mol. The summed E-state index contributed by atoms with van der Waals surface area (Å²) in [7, 11) is 0. The molecule has 2 aromatic carbocycles. The smallest absolute Gasteiger partial charge is 0.288 e. The van der Waals surface area contributed by atoms with Gasteiger partial charge in [0.15, 0.2) is 0 Å². The van der Waals surface area contributed by atoms with E-state index in [1.165, 1.54) is 24.3 Å². The first-order valence-electron chi connectivity index (χ1n) is 6.01. The highest BCUT2D eigenvalue weighted by Gasteiger charge is 2.16. The second-order valence-corrected chi connectivity index (χ2v) is 6.41. The van der Waals surface area contributed by atoms with Crippen LogP contribution in [0.5, 0.6) is 11.5 Å². The van der Waals surface area contributed by atoms with Crippen LogP contribution in [0.3, 0.4) is 0 Å². The molecule has 2 aromatic rings. The standard InChI is InChI=1S/C14H10BrClF3NOS/c15-13-10(6-20)12(22-14(18)19)2-1-11(13)21-9-4-7(16)3-8(17)5-9/h1-5,14H,6,20H2. The molecule has 118 valence electrons. The molecule has 2 nitrogen and oxygen atoms in total. The van der Waals surface area contributed by atoms with Crippen molar-refractivity contribution in [3.05, 3.63) is 51.2 Å². The zero-order valence-electron chi connectivity index (χ0n) is 11.0. The van der Waals surface area contributed by atoms with Gasteiger partial charge < -0.3 is 10.5 Å². The largest absolute Gasteiger partial charge is 0.456 e. The van der Waals surface area contributed by atoms with Gasteiger partial charge in [-0.25, -0.2) is 4.39 Å². The Morgan fingerprint density at radius 3 is 2.59 bits per heavy atom. The molecule has 2 N–H and O–H groups in total. The fraction of sp³-hybridized carbons (Fsp3) is 0.143. The molecule has 0 heterocycles. The Balaban J connectivity index is 2.35. The second-order valence-electron chi connectivity index (χ2n) is 4.14. The summed E-state index contributed by atoms with van der Waals surface area (Å²) in [6.45, 7) is 0.0523. The van der Waals surface area contributed by atoms with Crippen molar-refractivity contribution in [2.45, 2.75) is 17.2 Å². The maximum atomic E-state index is 13.3. The molecule has 2 rings (SSSR count). The first-order valence-corrected chi connectivity index (χ1v) is 8.06. The molecule has 8 heteroatoms. The minimum Gasteiger partial charge on any atom is -0.456 e. The number of halogens is 5. The fourth-order valence-corrected chi connectivity index (χ4v) is 3.37. The first-order chi connectivity index (χ1) is 10.4. The number of alkyl halides is 2. The topological polar surface area (TPSA) is 35.2 Å². The lowest BCUT2D eigenvalue weighted by atomic mass is 10.2. The molecule has 0 saturated carbocycles. The van der Waals surface area contributed by atoms with Crippen molar-refractivity contribution in [2.75, 3.05) is 0 Å². The van der Waals surface area contributed by atoms with E-state index in [4.69, 9.17) is 22.1 Å². The molecule has 0 radical (unpaired) electrons. The number of benzene rings is 2. The van der Waals surface area contributed by atoms with E-state index in [9.17, 15) is 13.2 Å². The molecule has 0 aliphatic carbocycles. The molecule has 0 aliphatic heterocycles. The molecule has 0 aliphatic rings. The predicted molar refractivity (Wildman–Crippen MR) is 85.4 cm³/mol. The average Bonchev–Trinajstić information content (AvgIpc) is 2.40. The molecule has 0 aromatic heterocycles. The van der Waals surface area contributed by atoms with E-state index in [2.05, 4.69) is 15.9 Å². The van der Waals surface area contributed by atoms with Crippen LogP contribution >= 0.6 is 39.3 Å². The lowest BCUT2D eigenvalue weighted by Gasteiger charge is -2.14. The highest BCUT2D eigenvalue weighted by atomic mass is 79.9. The Hall–Kier alpha value is -0.890. The molecule has 0 spiro atoms. The number of ether oxygens (including phenoxy) is 1. The molecule has 0 atom stereocenters. The Kier molecular flexibility index (Phi) is 6.02. The third kappa shape index (κ3) is 4.32. The zero-order valence-corrected chi connectivity index (χ0v) is 14.1. The highest BCUT2D eigenvalue weighted by Crippen LogP contribution is 2.39. The van der Waals surface area contributed by atoms with Gasteiger partial charge in [0.05, 0.1) is 4.47 Å². The van der Waals surface area contributed by atoms with Crippen LogP contribution in [0, 0.1) is 5.82 Å². The lowest BCUT2D eigenvalue weighted by Crippen LogP contribution is -2.02. The van der Waals surface area contributed by atoms with Crippen LogP contribution in [0.2, 0.25) is 5.02 Å². The van der Waals surface area contributed by atoms with Crippen molar-refractivity contribution in [3.8, 4) is 11.5 Å². The van der Waals surface area contributed by atoms with Gasteiger partial charge in [0.2, 0.25) is 0 Å². The molecule has 0 fully saturated rings. The molecule has 0 amide bonds. The van der Waals surface area contributed by atoms with E-state index in [0.717, 1.165) is 6.07 Å². The molecule has 0 bridgehead atoms. The predicted octanol–water partition coefficient (Wildman–Crippen LogP) is 5.81. The first kappa shape index (κ1) is 17.5. The van der Waals surface area contributed by atoms with Crippen LogP contribution < -0.4 is 10.5 Å². The SMILES string of the molecule is NCc1c(SC(F)F)ccc(Oc2cc(F)cc(Cl)c2)c1Br. The Morgan fingerprint density at radius 2 is 2.00 bits per heavy atom. The second kappa shape index (κ2) is 7.59. The van der Waals surface area contributed by atoms with Gasteiger partial charge in [0, 0.05) is 22.5 Å². The van der Waals surface area contributed by atoms with Crippen molar-refractivity contribution in [1.29, 1.82) is 0 Å². The van der Waals surface area contributed by atoms with Crippen LogP contribution in [0.4, 0.5) is 13.2 Å². The minimum atomic E-state index is -2.55. The number of rotatable bonds is 5. The van der Waals surface area contributed by atoms with Gasteiger partial charge in [-0.15, -0.1) is 0 Å². The molecule has 0 saturated heterocycles. The van der Waals surface area contributed by atoms with Crippen molar-refractivity contribution in [3.63, 3.8) is 0 Å². The van der Waals surface area contributed by atoms with Gasteiger partial charge in [-0.2, -0.15) is 8.78 Å². The maximum absolute atomic E-state index is 13.3. The number of thioether (sulfide) groups is 1. The summed E-state index contributed by atoms with van der Waals surface area (Å²) in [5.41, 5.74) is 6.10. The van der Waals surface area contributed by atoms with Crippen LogP contribution in [-0.2, 0) is 6.54 Å². The van der Waals surface area contributed by atoms with Gasteiger partial charge in [-0.3, -0.25) is 0 Å². The summed E-state index contributed by atoms with van der Waals surface area (Å²) in [4.78, 5) is 0.356. The van der Waals surface area contributed by atoms with Gasteiger partial charge in [-0.05, 0) is 45.8 Å². The Morgan fingerprint density at radius 1 is 1.27 bits per heavy atom. The molecule has 22 heavy (non-hydrogen) atoms. The van der Waals surface area contributed by atoms with Gasteiger partial charge in [-0.1, -0.05) is 23.4 Å². The van der Waals surface area contributed by atoms with Crippen molar-refractivity contribution < 1.29 is 17.9 Å². The van der Waals surface area contributed by atoms with Gasteiger partial charge in [0.25, 0.3) is 5.76 Å². The van der Waals surface area contributed by atoms with Crippen LogP contribution in [0.1, 0.15) is 5.56 Å². The minimum absolute atomic E-state index is 0.0523. The Labute approximate surface area is 142 Å². The van der Waals surface area contributed by atoms with Crippen molar-refractivity contribution in [2.24, 2.45) is 5.73 Å². The number of hydrogen-bond donors (Lipinski definition) is 1. The highest BCUT2D eigenvalue weighted by molar-refractivity contribution is 9.10. The molecular formula is C14H10BrClF3NOS. The zero-order chi connectivity index (χ0) is 16.3. The van der Waals surface area contributed by atoms with E-state index >= 15 is 0 Å². The van der Waals surface area contributed by atoms with Gasteiger partial charge >= 0.3 is 0 Å². The third-order valence-electron chi connectivity index (χ3n) is 2.65. The van der Waals surface area contributed by atoms with E-state index < -0.39 is 11.6 Å². The lowest BCUT2D eigenvalue weighted by molar-refractivity contribution is 0.252. The summed E-state index contributed by atoms with van der Waals surface area (Å²) in [6.07, 6.45) is 0.